The lowest BCUT2D eigenvalue weighted by Gasteiger charge is -2.35. The second kappa shape index (κ2) is 9.09. The molecule has 32 heavy (non-hydrogen) atoms. The Hall–Kier alpha value is -2.62. The van der Waals surface area contributed by atoms with Gasteiger partial charge >= 0.3 is 0 Å². The summed E-state index contributed by atoms with van der Waals surface area (Å²) in [5.74, 6) is -0.408. The van der Waals surface area contributed by atoms with Crippen molar-refractivity contribution in [2.45, 2.75) is 25.5 Å². The molecule has 7 nitrogen and oxygen atoms in total. The average Bonchev–Trinajstić information content (AvgIpc) is 3.47. The number of nitrogens with zero attached hydrogens (tertiary/aromatic N) is 4. The molecule has 2 aliphatic rings. The Morgan fingerprint density at radius 2 is 1.97 bits per heavy atom. The van der Waals surface area contributed by atoms with Crippen LogP contribution in [0.15, 0.2) is 40.8 Å². The third kappa shape index (κ3) is 4.32. The number of amides is 1. The molecule has 9 heteroatoms. The molecule has 1 amide bonds. The van der Waals surface area contributed by atoms with E-state index in [1.54, 1.807) is 12.1 Å². The van der Waals surface area contributed by atoms with E-state index in [1.165, 1.54) is 34.4 Å². The number of benzene rings is 1. The van der Waals surface area contributed by atoms with E-state index < -0.39 is 0 Å². The Labute approximate surface area is 189 Å². The largest absolute Gasteiger partial charge is 0.377 e. The normalized spacial score (nSPS) is 19.7. The van der Waals surface area contributed by atoms with Crippen molar-refractivity contribution in [3.8, 4) is 11.1 Å². The summed E-state index contributed by atoms with van der Waals surface area (Å²) in [4.78, 5) is 35.2. The molecule has 5 rings (SSSR count). The monoisotopic (exact) mass is 456 g/mol. The fourth-order valence-electron chi connectivity index (χ4n) is 4.42. The summed E-state index contributed by atoms with van der Waals surface area (Å²) >= 11 is 1.37. The van der Waals surface area contributed by atoms with E-state index >= 15 is 0 Å². The van der Waals surface area contributed by atoms with Crippen molar-refractivity contribution in [2.75, 3.05) is 39.3 Å². The Morgan fingerprint density at radius 1 is 1.19 bits per heavy atom. The highest BCUT2D eigenvalue weighted by Gasteiger charge is 2.25. The highest BCUT2D eigenvalue weighted by Crippen LogP contribution is 2.30. The van der Waals surface area contributed by atoms with Crippen molar-refractivity contribution < 1.29 is 13.9 Å². The van der Waals surface area contributed by atoms with Gasteiger partial charge in [0.15, 0.2) is 0 Å². The minimum Gasteiger partial charge on any atom is -0.377 e. The van der Waals surface area contributed by atoms with E-state index in [-0.39, 0.29) is 23.8 Å². The van der Waals surface area contributed by atoms with Crippen LogP contribution in [-0.2, 0) is 16.1 Å². The molecule has 0 saturated carbocycles. The van der Waals surface area contributed by atoms with Crippen molar-refractivity contribution in [1.82, 2.24) is 19.4 Å². The molecule has 1 atom stereocenters. The van der Waals surface area contributed by atoms with Gasteiger partial charge in [-0.2, -0.15) is 0 Å². The van der Waals surface area contributed by atoms with Gasteiger partial charge in [0.05, 0.1) is 17.8 Å². The predicted molar refractivity (Wildman–Crippen MR) is 121 cm³/mol. The van der Waals surface area contributed by atoms with Crippen molar-refractivity contribution in [3.63, 3.8) is 0 Å². The second-order valence-corrected chi connectivity index (χ2v) is 9.19. The van der Waals surface area contributed by atoms with Crippen molar-refractivity contribution in [2.24, 2.45) is 0 Å². The molecular formula is C23H25FN4O3S. The molecule has 1 aromatic carbocycles. The van der Waals surface area contributed by atoms with Gasteiger partial charge in [-0.3, -0.25) is 19.1 Å². The number of halogens is 1. The summed E-state index contributed by atoms with van der Waals surface area (Å²) < 4.78 is 20.4. The zero-order valence-corrected chi connectivity index (χ0v) is 18.5. The smallest absolute Gasteiger partial charge is 0.263 e. The predicted octanol–water partition coefficient (Wildman–Crippen LogP) is 2.59. The summed E-state index contributed by atoms with van der Waals surface area (Å²) in [6, 6.07) is 6.04. The number of fused-ring (bicyclic) bond motifs is 1. The fourth-order valence-corrected chi connectivity index (χ4v) is 5.33. The molecule has 0 aliphatic carbocycles. The van der Waals surface area contributed by atoms with Gasteiger partial charge < -0.3 is 9.64 Å². The summed E-state index contributed by atoms with van der Waals surface area (Å²) in [6.07, 6.45) is 4.00. The van der Waals surface area contributed by atoms with Crippen LogP contribution < -0.4 is 5.56 Å². The van der Waals surface area contributed by atoms with Gasteiger partial charge in [0.25, 0.3) is 5.56 Å². The summed E-state index contributed by atoms with van der Waals surface area (Å²) in [5, 5.41) is 2.32. The molecule has 2 aliphatic heterocycles. The summed E-state index contributed by atoms with van der Waals surface area (Å²) in [6.45, 7) is 4.67. The molecule has 2 saturated heterocycles. The van der Waals surface area contributed by atoms with Crippen LogP contribution in [0, 0.1) is 5.82 Å². The molecule has 0 radical (unpaired) electrons. The van der Waals surface area contributed by atoms with Gasteiger partial charge in [-0.15, -0.1) is 11.3 Å². The Kier molecular flexibility index (Phi) is 6.03. The number of carbonyl (C=O) groups excluding carboxylic acids is 1. The van der Waals surface area contributed by atoms with E-state index in [9.17, 15) is 14.0 Å². The third-order valence-electron chi connectivity index (χ3n) is 6.23. The van der Waals surface area contributed by atoms with Crippen LogP contribution in [-0.4, -0.2) is 70.7 Å². The van der Waals surface area contributed by atoms with E-state index in [1.807, 2.05) is 10.3 Å². The van der Waals surface area contributed by atoms with Crippen molar-refractivity contribution in [3.05, 3.63) is 52.1 Å². The molecule has 2 fully saturated rings. The Balaban J connectivity index is 1.28. The number of aromatic nitrogens is 2. The molecule has 0 bridgehead atoms. The highest BCUT2D eigenvalue weighted by atomic mass is 32.1. The first-order valence-electron chi connectivity index (χ1n) is 10.9. The highest BCUT2D eigenvalue weighted by molar-refractivity contribution is 7.17. The molecule has 4 heterocycles. The minimum absolute atomic E-state index is 0.0355. The van der Waals surface area contributed by atoms with E-state index in [0.717, 1.165) is 44.6 Å². The lowest BCUT2D eigenvalue weighted by atomic mass is 10.1. The standard InChI is InChI=1S/C23H25FN4O3S/c24-17-5-3-16(4-6-17)19-14-32-22-21(19)23(30)28(15-25-22)13-20(29)27-9-7-26(8-10-27)12-18-2-1-11-31-18/h3-6,14-15,18H,1-2,7-13H2. The quantitative estimate of drug-likeness (QED) is 0.591. The second-order valence-electron chi connectivity index (χ2n) is 8.33. The zero-order chi connectivity index (χ0) is 22.1. The third-order valence-corrected chi connectivity index (χ3v) is 7.12. The van der Waals surface area contributed by atoms with Crippen LogP contribution in [0.2, 0.25) is 0 Å². The van der Waals surface area contributed by atoms with Crippen LogP contribution in [0.1, 0.15) is 12.8 Å². The molecule has 168 valence electrons. The number of piperazine rings is 1. The molecule has 0 N–H and O–H groups in total. The molecule has 3 aromatic rings. The van der Waals surface area contributed by atoms with Gasteiger partial charge in [-0.25, -0.2) is 9.37 Å². The maximum Gasteiger partial charge on any atom is 0.263 e. The molecule has 0 spiro atoms. The van der Waals surface area contributed by atoms with Crippen LogP contribution in [0.3, 0.4) is 0 Å². The maximum atomic E-state index is 13.3. The number of carbonyl (C=O) groups is 1. The number of ether oxygens (including phenoxy) is 1. The van der Waals surface area contributed by atoms with Gasteiger partial charge in [0.1, 0.15) is 17.2 Å². The van der Waals surface area contributed by atoms with E-state index in [2.05, 4.69) is 9.88 Å². The zero-order valence-electron chi connectivity index (χ0n) is 17.7. The molecule has 1 unspecified atom stereocenters. The number of thiophene rings is 1. The fraction of sp³-hybridized carbons (Fsp3) is 0.435. The topological polar surface area (TPSA) is 67.7 Å². The first kappa shape index (κ1) is 21.2. The first-order chi connectivity index (χ1) is 15.6. The average molecular weight is 457 g/mol. The Bertz CT molecular complexity index is 1160. The number of hydrogen-bond donors (Lipinski definition) is 0. The van der Waals surface area contributed by atoms with Crippen molar-refractivity contribution in [1.29, 1.82) is 0 Å². The number of hydrogen-bond acceptors (Lipinski definition) is 6. The van der Waals surface area contributed by atoms with Gasteiger partial charge in [-0.05, 0) is 30.5 Å². The Morgan fingerprint density at radius 3 is 2.69 bits per heavy atom. The van der Waals surface area contributed by atoms with Crippen molar-refractivity contribution >= 4 is 27.5 Å². The van der Waals surface area contributed by atoms with Crippen LogP contribution >= 0.6 is 11.3 Å². The molecular weight excluding hydrogens is 431 g/mol. The first-order valence-corrected chi connectivity index (χ1v) is 11.8. The lowest BCUT2D eigenvalue weighted by molar-refractivity contribution is -0.133. The van der Waals surface area contributed by atoms with Crippen LogP contribution in [0.4, 0.5) is 4.39 Å². The lowest BCUT2D eigenvalue weighted by Crippen LogP contribution is -2.51. The maximum absolute atomic E-state index is 13.3. The summed E-state index contributed by atoms with van der Waals surface area (Å²) in [7, 11) is 0. The van der Waals surface area contributed by atoms with E-state index in [0.29, 0.717) is 35.0 Å². The van der Waals surface area contributed by atoms with Gasteiger partial charge in [-0.1, -0.05) is 12.1 Å². The molecule has 2 aromatic heterocycles. The van der Waals surface area contributed by atoms with Crippen LogP contribution in [0.5, 0.6) is 0 Å². The van der Waals surface area contributed by atoms with Crippen LogP contribution in [0.25, 0.3) is 21.3 Å². The van der Waals surface area contributed by atoms with Gasteiger partial charge in [0, 0.05) is 50.3 Å². The minimum atomic E-state index is -0.328. The SMILES string of the molecule is O=C(Cn1cnc2scc(-c3ccc(F)cc3)c2c1=O)N1CCN(CC2CCCO2)CC1. The summed E-state index contributed by atoms with van der Waals surface area (Å²) in [5.41, 5.74) is 1.22. The van der Waals surface area contributed by atoms with E-state index in [4.69, 9.17) is 4.74 Å². The number of rotatable bonds is 5. The van der Waals surface area contributed by atoms with Gasteiger partial charge in [0.2, 0.25) is 5.91 Å².